The predicted molar refractivity (Wildman–Crippen MR) is 86.6 cm³/mol. The first-order valence-electron chi connectivity index (χ1n) is 6.84. The molecule has 3 rings (SSSR count). The summed E-state index contributed by atoms with van der Waals surface area (Å²) in [5, 5.41) is 14.6. The first kappa shape index (κ1) is 17.3. The Balaban J connectivity index is 0.00000192. The maximum atomic E-state index is 12.3. The second kappa shape index (κ2) is 7.51. The minimum Gasteiger partial charge on any atom is -0.507 e. The Labute approximate surface area is 156 Å². The number of fused-ring (bicyclic) bond motifs is 1. The van der Waals surface area contributed by atoms with Crippen molar-refractivity contribution in [1.82, 2.24) is 0 Å². The van der Waals surface area contributed by atoms with Gasteiger partial charge in [0.2, 0.25) is 0 Å². The van der Waals surface area contributed by atoms with Gasteiger partial charge in [0, 0.05) is 5.69 Å². The third-order valence-electron chi connectivity index (χ3n) is 3.46. The van der Waals surface area contributed by atoms with Crippen LogP contribution in [0.15, 0.2) is 60.7 Å². The van der Waals surface area contributed by atoms with Gasteiger partial charge in [-0.15, -0.1) is 0 Å². The molecular formula is C18H15NNaO3+. The van der Waals surface area contributed by atoms with Gasteiger partial charge in [-0.3, -0.25) is 4.79 Å². The Morgan fingerprint density at radius 1 is 1.00 bits per heavy atom. The van der Waals surface area contributed by atoms with Crippen LogP contribution in [0.1, 0.15) is 10.4 Å². The van der Waals surface area contributed by atoms with Gasteiger partial charge >= 0.3 is 29.6 Å². The molecule has 0 saturated carbocycles. The van der Waals surface area contributed by atoms with Crippen LogP contribution in [0.4, 0.5) is 5.69 Å². The van der Waals surface area contributed by atoms with Crippen LogP contribution in [0, 0.1) is 0 Å². The van der Waals surface area contributed by atoms with E-state index in [0.29, 0.717) is 11.4 Å². The van der Waals surface area contributed by atoms with Gasteiger partial charge in [0.05, 0.1) is 12.7 Å². The molecule has 0 bridgehead atoms. The predicted octanol–water partition coefficient (Wildman–Crippen LogP) is 0.810. The number of methoxy groups -OCH3 is 1. The van der Waals surface area contributed by atoms with E-state index in [1.165, 1.54) is 0 Å². The number of ether oxygens (including phenoxy) is 1. The second-order valence-corrected chi connectivity index (χ2v) is 4.90. The average molecular weight is 316 g/mol. The van der Waals surface area contributed by atoms with Crippen LogP contribution in [0.5, 0.6) is 11.5 Å². The van der Waals surface area contributed by atoms with Gasteiger partial charge in [-0.1, -0.05) is 24.3 Å². The number of benzene rings is 3. The summed E-state index contributed by atoms with van der Waals surface area (Å²) in [6.45, 7) is 0. The second-order valence-electron chi connectivity index (χ2n) is 4.90. The Kier molecular flexibility index (Phi) is 5.66. The van der Waals surface area contributed by atoms with Gasteiger partial charge in [-0.25, -0.2) is 0 Å². The van der Waals surface area contributed by atoms with Crippen molar-refractivity contribution in [1.29, 1.82) is 0 Å². The summed E-state index contributed by atoms with van der Waals surface area (Å²) in [4.78, 5) is 12.3. The molecule has 3 aromatic rings. The number of amides is 1. The fourth-order valence-corrected chi connectivity index (χ4v) is 2.28. The Morgan fingerprint density at radius 2 is 1.61 bits per heavy atom. The van der Waals surface area contributed by atoms with E-state index in [9.17, 15) is 9.90 Å². The molecule has 0 saturated heterocycles. The van der Waals surface area contributed by atoms with E-state index in [-0.39, 0.29) is 46.8 Å². The van der Waals surface area contributed by atoms with Crippen molar-refractivity contribution in [3.63, 3.8) is 0 Å². The summed E-state index contributed by atoms with van der Waals surface area (Å²) in [6.07, 6.45) is 0. The molecule has 23 heavy (non-hydrogen) atoms. The van der Waals surface area contributed by atoms with Crippen molar-refractivity contribution in [2.24, 2.45) is 0 Å². The zero-order valence-corrected chi connectivity index (χ0v) is 15.0. The van der Waals surface area contributed by atoms with Gasteiger partial charge < -0.3 is 15.2 Å². The summed E-state index contributed by atoms with van der Waals surface area (Å²) in [6, 6.07) is 17.9. The Morgan fingerprint density at radius 3 is 2.22 bits per heavy atom. The van der Waals surface area contributed by atoms with E-state index in [1.807, 2.05) is 24.3 Å². The summed E-state index contributed by atoms with van der Waals surface area (Å²) in [5.41, 5.74) is 0.882. The number of phenolic OH excluding ortho intramolecular Hbond substituents is 1. The SMILES string of the molecule is COc1ccc(NC(=O)c2cc3ccccc3cc2O)cc1.[Na+]. The summed E-state index contributed by atoms with van der Waals surface area (Å²) >= 11 is 0. The Hall–Kier alpha value is -2.01. The minimum atomic E-state index is -0.353. The molecule has 0 heterocycles. The van der Waals surface area contributed by atoms with E-state index in [1.54, 1.807) is 43.5 Å². The van der Waals surface area contributed by atoms with Gasteiger partial charge in [0.25, 0.3) is 5.91 Å². The van der Waals surface area contributed by atoms with Crippen molar-refractivity contribution in [3.05, 3.63) is 66.2 Å². The minimum absolute atomic E-state index is 0. The fourth-order valence-electron chi connectivity index (χ4n) is 2.28. The van der Waals surface area contributed by atoms with Crippen molar-refractivity contribution >= 4 is 22.4 Å². The number of hydrogen-bond acceptors (Lipinski definition) is 3. The Bertz CT molecular complexity index is 831. The number of hydrogen-bond donors (Lipinski definition) is 2. The molecule has 0 atom stereocenters. The van der Waals surface area contributed by atoms with E-state index in [0.717, 1.165) is 10.8 Å². The number of carbonyl (C=O) groups is 1. The first-order chi connectivity index (χ1) is 10.7. The van der Waals surface area contributed by atoms with Crippen LogP contribution in [0.2, 0.25) is 0 Å². The monoisotopic (exact) mass is 316 g/mol. The summed E-state index contributed by atoms with van der Waals surface area (Å²) < 4.78 is 5.07. The van der Waals surface area contributed by atoms with Crippen molar-refractivity contribution in [3.8, 4) is 11.5 Å². The third-order valence-corrected chi connectivity index (χ3v) is 3.46. The third kappa shape index (κ3) is 3.85. The zero-order chi connectivity index (χ0) is 15.5. The van der Waals surface area contributed by atoms with Crippen molar-refractivity contribution in [2.75, 3.05) is 12.4 Å². The topological polar surface area (TPSA) is 58.6 Å². The first-order valence-corrected chi connectivity index (χ1v) is 6.84. The van der Waals surface area contributed by atoms with E-state index >= 15 is 0 Å². The quantitative estimate of drug-likeness (QED) is 0.703. The molecule has 0 fully saturated rings. The van der Waals surface area contributed by atoms with Gasteiger partial charge in [0.15, 0.2) is 0 Å². The van der Waals surface area contributed by atoms with Crippen molar-refractivity contribution in [2.45, 2.75) is 0 Å². The van der Waals surface area contributed by atoms with E-state index in [2.05, 4.69) is 5.32 Å². The normalized spacial score (nSPS) is 9.96. The zero-order valence-electron chi connectivity index (χ0n) is 13.0. The van der Waals surface area contributed by atoms with Crippen LogP contribution in [-0.2, 0) is 0 Å². The molecule has 0 aliphatic heterocycles. The average Bonchev–Trinajstić information content (AvgIpc) is 2.54. The molecule has 4 nitrogen and oxygen atoms in total. The van der Waals surface area contributed by atoms with Gasteiger partial charge in [0.1, 0.15) is 11.5 Å². The van der Waals surface area contributed by atoms with Crippen LogP contribution >= 0.6 is 0 Å². The molecule has 0 aliphatic carbocycles. The fraction of sp³-hybridized carbons (Fsp3) is 0.0556. The molecule has 2 N–H and O–H groups in total. The van der Waals surface area contributed by atoms with Crippen LogP contribution in [0.3, 0.4) is 0 Å². The number of nitrogens with one attached hydrogen (secondary N) is 1. The largest absolute Gasteiger partial charge is 1.00 e. The van der Waals surface area contributed by atoms with E-state index < -0.39 is 0 Å². The summed E-state index contributed by atoms with van der Waals surface area (Å²) in [7, 11) is 1.58. The molecular weight excluding hydrogens is 301 g/mol. The molecule has 3 aromatic carbocycles. The number of anilines is 1. The standard InChI is InChI=1S/C18H15NO3.Na/c1-22-15-8-6-14(7-9-15)19-18(21)16-10-12-4-2-3-5-13(12)11-17(16)20;/h2-11,20H,1H3,(H,19,21);/q;+1. The number of rotatable bonds is 3. The van der Waals surface area contributed by atoms with E-state index in [4.69, 9.17) is 4.74 Å². The molecule has 1 amide bonds. The number of aromatic hydroxyl groups is 1. The van der Waals surface area contributed by atoms with Crippen LogP contribution in [0.25, 0.3) is 10.8 Å². The number of phenols is 1. The molecule has 0 radical (unpaired) electrons. The summed E-state index contributed by atoms with van der Waals surface area (Å²) in [5.74, 6) is 0.324. The smallest absolute Gasteiger partial charge is 0.507 e. The van der Waals surface area contributed by atoms with Gasteiger partial charge in [-0.05, 0) is 47.2 Å². The molecule has 5 heteroatoms. The van der Waals surface area contributed by atoms with Gasteiger partial charge in [-0.2, -0.15) is 0 Å². The van der Waals surface area contributed by atoms with Crippen LogP contribution < -0.4 is 39.6 Å². The maximum Gasteiger partial charge on any atom is 1.00 e. The molecule has 0 unspecified atom stereocenters. The maximum absolute atomic E-state index is 12.3. The van der Waals surface area contributed by atoms with Crippen molar-refractivity contribution < 1.29 is 44.2 Å². The number of carbonyl (C=O) groups excluding carboxylic acids is 1. The molecule has 0 aliphatic rings. The molecule has 0 spiro atoms. The molecule has 110 valence electrons. The van der Waals surface area contributed by atoms with Crippen LogP contribution in [-0.4, -0.2) is 18.1 Å². The molecule has 0 aromatic heterocycles.